The molecule has 0 saturated carbocycles. The van der Waals surface area contributed by atoms with Crippen LogP contribution in [0.2, 0.25) is 0 Å². The zero-order valence-corrected chi connectivity index (χ0v) is 13.7. The van der Waals surface area contributed by atoms with Crippen molar-refractivity contribution in [2.75, 3.05) is 5.32 Å². The number of anilines is 1. The minimum atomic E-state index is -0.136. The van der Waals surface area contributed by atoms with Gasteiger partial charge in [-0.05, 0) is 52.2 Å². The van der Waals surface area contributed by atoms with E-state index in [4.69, 9.17) is 0 Å². The predicted octanol–water partition coefficient (Wildman–Crippen LogP) is 4.81. The van der Waals surface area contributed by atoms with E-state index in [2.05, 4.69) is 33.2 Å². The highest BCUT2D eigenvalue weighted by Gasteiger charge is 2.12. The van der Waals surface area contributed by atoms with Crippen LogP contribution in [0.4, 0.5) is 5.69 Å². The summed E-state index contributed by atoms with van der Waals surface area (Å²) in [5, 5.41) is 3.78. The first-order valence-electron chi connectivity index (χ1n) is 7.13. The summed E-state index contributed by atoms with van der Waals surface area (Å²) in [6.07, 6.45) is 0.982. The highest BCUT2D eigenvalue weighted by Crippen LogP contribution is 2.22. The summed E-state index contributed by atoms with van der Waals surface area (Å²) in [5.74, 6) is -0.136. The zero-order chi connectivity index (χ0) is 15.5. The largest absolute Gasteiger partial charge is 0.322 e. The average Bonchev–Trinajstić information content (AvgIpc) is 2.54. The monoisotopic (exact) mass is 354 g/mol. The molecule has 0 unspecified atom stereocenters. The summed E-state index contributed by atoms with van der Waals surface area (Å²) < 4.78 is 0.651. The van der Waals surface area contributed by atoms with Gasteiger partial charge in [-0.15, -0.1) is 0 Å². The maximum absolute atomic E-state index is 12.6. The summed E-state index contributed by atoms with van der Waals surface area (Å²) in [4.78, 5) is 17.0. The van der Waals surface area contributed by atoms with Crippen LogP contribution >= 0.6 is 15.9 Å². The number of fused-ring (bicyclic) bond motifs is 1. The van der Waals surface area contributed by atoms with Crippen molar-refractivity contribution in [3.05, 3.63) is 70.3 Å². The topological polar surface area (TPSA) is 42.0 Å². The van der Waals surface area contributed by atoms with Gasteiger partial charge in [-0.25, -0.2) is 4.98 Å². The number of amides is 1. The Balaban J connectivity index is 1.94. The molecule has 0 saturated heterocycles. The van der Waals surface area contributed by atoms with Crippen molar-refractivity contribution in [3.63, 3.8) is 0 Å². The highest BCUT2D eigenvalue weighted by atomic mass is 79.9. The normalized spacial score (nSPS) is 10.6. The summed E-state index contributed by atoms with van der Waals surface area (Å²) in [5.41, 5.74) is 3.44. The van der Waals surface area contributed by atoms with Crippen LogP contribution in [0.1, 0.15) is 22.8 Å². The zero-order valence-electron chi connectivity index (χ0n) is 12.1. The van der Waals surface area contributed by atoms with E-state index in [1.54, 1.807) is 6.07 Å². The highest BCUT2D eigenvalue weighted by molar-refractivity contribution is 9.10. The molecule has 0 aliphatic heterocycles. The number of pyridine rings is 1. The molecule has 0 bridgehead atoms. The molecule has 1 amide bonds. The molecule has 0 fully saturated rings. The van der Waals surface area contributed by atoms with Crippen molar-refractivity contribution in [1.82, 2.24) is 4.98 Å². The fourth-order valence-corrected chi connectivity index (χ4v) is 2.77. The molecule has 0 aliphatic carbocycles. The Labute approximate surface area is 137 Å². The molecule has 0 spiro atoms. The minimum Gasteiger partial charge on any atom is -0.322 e. The second kappa shape index (κ2) is 6.28. The first kappa shape index (κ1) is 14.7. The lowest BCUT2D eigenvalue weighted by Crippen LogP contribution is -2.12. The molecule has 110 valence electrons. The second-order valence-electron chi connectivity index (χ2n) is 5.01. The van der Waals surface area contributed by atoms with Crippen molar-refractivity contribution in [1.29, 1.82) is 0 Å². The predicted molar refractivity (Wildman–Crippen MR) is 93.2 cm³/mol. The number of aryl methyl sites for hydroxylation is 1. The van der Waals surface area contributed by atoms with E-state index < -0.39 is 0 Å². The van der Waals surface area contributed by atoms with Crippen LogP contribution < -0.4 is 5.32 Å². The molecule has 22 heavy (non-hydrogen) atoms. The number of aromatic nitrogens is 1. The van der Waals surface area contributed by atoms with Crippen LogP contribution in [0.5, 0.6) is 0 Å². The summed E-state index contributed by atoms with van der Waals surface area (Å²) in [6.45, 7) is 2.11. The fraction of sp³-hybridized carbons (Fsp3) is 0.111. The average molecular weight is 355 g/mol. The summed E-state index contributed by atoms with van der Waals surface area (Å²) in [6, 6.07) is 17.3. The van der Waals surface area contributed by atoms with Crippen LogP contribution in [-0.4, -0.2) is 10.9 Å². The van der Waals surface area contributed by atoms with E-state index in [1.807, 2.05) is 48.5 Å². The Morgan fingerprint density at radius 1 is 1.14 bits per heavy atom. The van der Waals surface area contributed by atoms with Crippen molar-refractivity contribution in [2.45, 2.75) is 13.3 Å². The van der Waals surface area contributed by atoms with Crippen LogP contribution in [0, 0.1) is 0 Å². The number of carbonyl (C=O) groups is 1. The number of nitrogens with zero attached hydrogens (tertiary/aromatic N) is 1. The Morgan fingerprint density at radius 2 is 1.86 bits per heavy atom. The van der Waals surface area contributed by atoms with Gasteiger partial charge in [0.05, 0.1) is 11.1 Å². The first-order chi connectivity index (χ1) is 10.7. The van der Waals surface area contributed by atoms with E-state index in [-0.39, 0.29) is 5.91 Å². The first-order valence-corrected chi connectivity index (χ1v) is 7.92. The molecular formula is C18H15BrN2O. The third kappa shape index (κ3) is 3.02. The van der Waals surface area contributed by atoms with Gasteiger partial charge in [0, 0.05) is 11.1 Å². The molecule has 1 aromatic heterocycles. The number of benzene rings is 2. The number of carbonyl (C=O) groups excluding carboxylic acids is 1. The smallest absolute Gasteiger partial charge is 0.256 e. The van der Waals surface area contributed by atoms with Gasteiger partial charge in [-0.3, -0.25) is 4.79 Å². The van der Waals surface area contributed by atoms with Crippen LogP contribution in [0.3, 0.4) is 0 Å². The van der Waals surface area contributed by atoms with E-state index in [0.29, 0.717) is 10.2 Å². The van der Waals surface area contributed by atoms with E-state index in [9.17, 15) is 4.79 Å². The molecule has 0 radical (unpaired) electrons. The number of para-hydroxylation sites is 1. The SMILES string of the molecule is CCc1ccc(NC(=O)c2cc(Br)nc3ccccc23)cc1. The van der Waals surface area contributed by atoms with Gasteiger partial charge in [0.1, 0.15) is 4.60 Å². The van der Waals surface area contributed by atoms with Gasteiger partial charge < -0.3 is 5.32 Å². The molecule has 4 heteroatoms. The Hall–Kier alpha value is -2.20. The maximum Gasteiger partial charge on any atom is 0.256 e. The molecule has 1 N–H and O–H groups in total. The number of rotatable bonds is 3. The third-order valence-corrected chi connectivity index (χ3v) is 3.96. The minimum absolute atomic E-state index is 0.136. The van der Waals surface area contributed by atoms with Crippen molar-refractivity contribution >= 4 is 38.4 Å². The molecule has 0 atom stereocenters. The van der Waals surface area contributed by atoms with E-state index in [1.165, 1.54) is 5.56 Å². The van der Waals surface area contributed by atoms with Crippen molar-refractivity contribution in [2.24, 2.45) is 0 Å². The number of halogens is 1. The number of hydrogen-bond acceptors (Lipinski definition) is 2. The number of hydrogen-bond donors (Lipinski definition) is 1. The lowest BCUT2D eigenvalue weighted by molar-refractivity contribution is 0.102. The van der Waals surface area contributed by atoms with Gasteiger partial charge in [0.15, 0.2) is 0 Å². The van der Waals surface area contributed by atoms with Gasteiger partial charge in [0.25, 0.3) is 5.91 Å². The fourth-order valence-electron chi connectivity index (χ4n) is 2.35. The van der Waals surface area contributed by atoms with Crippen LogP contribution in [0.15, 0.2) is 59.2 Å². The number of nitrogens with one attached hydrogen (secondary N) is 1. The third-order valence-electron chi connectivity index (χ3n) is 3.55. The maximum atomic E-state index is 12.6. The quantitative estimate of drug-likeness (QED) is 0.685. The van der Waals surface area contributed by atoms with Gasteiger partial charge >= 0.3 is 0 Å². The molecule has 3 nitrogen and oxygen atoms in total. The molecule has 2 aromatic carbocycles. The standard InChI is InChI=1S/C18H15BrN2O/c1-2-12-7-9-13(10-8-12)20-18(22)15-11-17(19)21-16-6-4-3-5-14(15)16/h3-11H,2H2,1H3,(H,20,22). The van der Waals surface area contributed by atoms with E-state index >= 15 is 0 Å². The van der Waals surface area contributed by atoms with Crippen molar-refractivity contribution < 1.29 is 4.79 Å². The van der Waals surface area contributed by atoms with Crippen LogP contribution in [0.25, 0.3) is 10.9 Å². The molecule has 1 heterocycles. The molecule has 3 rings (SSSR count). The Morgan fingerprint density at radius 3 is 2.59 bits per heavy atom. The molecule has 3 aromatic rings. The van der Waals surface area contributed by atoms with Gasteiger partial charge in [0.2, 0.25) is 0 Å². The van der Waals surface area contributed by atoms with Crippen LogP contribution in [-0.2, 0) is 6.42 Å². The van der Waals surface area contributed by atoms with E-state index in [0.717, 1.165) is 23.0 Å². The Kier molecular flexibility index (Phi) is 4.20. The summed E-state index contributed by atoms with van der Waals surface area (Å²) >= 11 is 3.36. The van der Waals surface area contributed by atoms with Gasteiger partial charge in [-0.1, -0.05) is 37.3 Å². The van der Waals surface area contributed by atoms with Gasteiger partial charge in [-0.2, -0.15) is 0 Å². The van der Waals surface area contributed by atoms with Crippen molar-refractivity contribution in [3.8, 4) is 0 Å². The molecular weight excluding hydrogens is 340 g/mol. The lowest BCUT2D eigenvalue weighted by Gasteiger charge is -2.09. The summed E-state index contributed by atoms with van der Waals surface area (Å²) in [7, 11) is 0. The Bertz CT molecular complexity index is 828. The second-order valence-corrected chi connectivity index (χ2v) is 5.83. The lowest BCUT2D eigenvalue weighted by atomic mass is 10.1. The molecule has 0 aliphatic rings.